The number of aryl methyl sites for hydroxylation is 1. The standard InChI is InChI=1S/C19H28/c1-6-10-13-17-16(8-3)12-11-14-18(17)19(5,9-4)15-7-2/h7,9,11-12,14-15H,4,6,8,10,13H2,1-3,5H3/b15-7+. The first kappa shape index (κ1) is 15.8. The van der Waals surface area contributed by atoms with Gasteiger partial charge in [0.05, 0.1) is 0 Å². The normalized spacial score (nSPS) is 14.5. The Balaban J connectivity index is 3.35. The van der Waals surface area contributed by atoms with Crippen LogP contribution >= 0.6 is 0 Å². The fraction of sp³-hybridized carbons (Fsp3) is 0.474. The molecule has 0 bridgehead atoms. The summed E-state index contributed by atoms with van der Waals surface area (Å²) in [5.74, 6) is 0. The Morgan fingerprint density at radius 2 is 2.00 bits per heavy atom. The molecule has 0 heteroatoms. The first-order valence-corrected chi connectivity index (χ1v) is 7.51. The summed E-state index contributed by atoms with van der Waals surface area (Å²) in [7, 11) is 0. The molecule has 1 aromatic carbocycles. The molecular formula is C19H28. The molecule has 1 rings (SSSR count). The van der Waals surface area contributed by atoms with Gasteiger partial charge in [-0.1, -0.05) is 56.7 Å². The molecular weight excluding hydrogens is 228 g/mol. The second-order valence-corrected chi connectivity index (χ2v) is 5.39. The van der Waals surface area contributed by atoms with Crippen molar-refractivity contribution in [2.24, 2.45) is 0 Å². The molecule has 0 saturated heterocycles. The molecule has 0 amide bonds. The highest BCUT2D eigenvalue weighted by Gasteiger charge is 2.23. The van der Waals surface area contributed by atoms with Gasteiger partial charge in [0.15, 0.2) is 0 Å². The molecule has 1 aromatic rings. The summed E-state index contributed by atoms with van der Waals surface area (Å²) >= 11 is 0. The number of rotatable bonds is 7. The zero-order valence-corrected chi connectivity index (χ0v) is 13.0. The van der Waals surface area contributed by atoms with Gasteiger partial charge < -0.3 is 0 Å². The largest absolute Gasteiger partial charge is 0.102 e. The molecule has 0 heterocycles. The molecule has 0 spiro atoms. The Labute approximate surface area is 119 Å². The maximum absolute atomic E-state index is 4.05. The lowest BCUT2D eigenvalue weighted by atomic mass is 9.77. The average Bonchev–Trinajstić information content (AvgIpc) is 2.44. The highest BCUT2D eigenvalue weighted by Crippen LogP contribution is 2.32. The number of allylic oxidation sites excluding steroid dienone is 3. The minimum atomic E-state index is -0.0526. The summed E-state index contributed by atoms with van der Waals surface area (Å²) in [4.78, 5) is 0. The third-order valence-electron chi connectivity index (χ3n) is 3.95. The first-order chi connectivity index (χ1) is 9.12. The Hall–Kier alpha value is -1.30. The minimum Gasteiger partial charge on any atom is -0.102 e. The van der Waals surface area contributed by atoms with Gasteiger partial charge in [0.2, 0.25) is 0 Å². The van der Waals surface area contributed by atoms with Crippen LogP contribution in [0.5, 0.6) is 0 Å². The van der Waals surface area contributed by atoms with Crippen LogP contribution in [0.3, 0.4) is 0 Å². The number of unbranched alkanes of at least 4 members (excludes halogenated alkanes) is 1. The van der Waals surface area contributed by atoms with Crippen molar-refractivity contribution in [3.8, 4) is 0 Å². The maximum Gasteiger partial charge on any atom is 0.0283 e. The lowest BCUT2D eigenvalue weighted by molar-refractivity contribution is 0.714. The highest BCUT2D eigenvalue weighted by atomic mass is 14.3. The quantitative estimate of drug-likeness (QED) is 0.556. The third-order valence-corrected chi connectivity index (χ3v) is 3.95. The predicted octanol–water partition coefficient (Wildman–Crippen LogP) is 5.61. The first-order valence-electron chi connectivity index (χ1n) is 7.51. The summed E-state index contributed by atoms with van der Waals surface area (Å²) in [5.41, 5.74) is 4.40. The van der Waals surface area contributed by atoms with Gasteiger partial charge in [-0.25, -0.2) is 0 Å². The average molecular weight is 256 g/mol. The topological polar surface area (TPSA) is 0 Å². The summed E-state index contributed by atoms with van der Waals surface area (Å²) in [6.45, 7) is 12.9. The molecule has 0 aromatic heterocycles. The molecule has 0 aliphatic rings. The van der Waals surface area contributed by atoms with E-state index < -0.39 is 0 Å². The van der Waals surface area contributed by atoms with Gasteiger partial charge in [0.1, 0.15) is 0 Å². The van der Waals surface area contributed by atoms with Crippen molar-refractivity contribution < 1.29 is 0 Å². The van der Waals surface area contributed by atoms with Crippen molar-refractivity contribution in [1.82, 2.24) is 0 Å². The van der Waals surface area contributed by atoms with E-state index in [1.54, 1.807) is 0 Å². The molecule has 104 valence electrons. The van der Waals surface area contributed by atoms with Crippen molar-refractivity contribution in [3.63, 3.8) is 0 Å². The van der Waals surface area contributed by atoms with E-state index in [9.17, 15) is 0 Å². The van der Waals surface area contributed by atoms with Crippen LogP contribution < -0.4 is 0 Å². The Kier molecular flexibility index (Phi) is 6.08. The van der Waals surface area contributed by atoms with E-state index >= 15 is 0 Å². The molecule has 0 N–H and O–H groups in total. The van der Waals surface area contributed by atoms with Gasteiger partial charge in [0.25, 0.3) is 0 Å². The van der Waals surface area contributed by atoms with Crippen molar-refractivity contribution >= 4 is 0 Å². The molecule has 0 saturated carbocycles. The number of benzene rings is 1. The van der Waals surface area contributed by atoms with E-state index in [1.807, 2.05) is 0 Å². The van der Waals surface area contributed by atoms with Gasteiger partial charge in [-0.05, 0) is 49.8 Å². The summed E-state index contributed by atoms with van der Waals surface area (Å²) in [5, 5.41) is 0. The van der Waals surface area contributed by atoms with Crippen molar-refractivity contribution in [1.29, 1.82) is 0 Å². The van der Waals surface area contributed by atoms with Crippen LogP contribution in [0.25, 0.3) is 0 Å². The van der Waals surface area contributed by atoms with Crippen LogP contribution in [0.15, 0.2) is 43.0 Å². The second-order valence-electron chi connectivity index (χ2n) is 5.39. The van der Waals surface area contributed by atoms with Crippen LogP contribution in [0.1, 0.15) is 57.2 Å². The Morgan fingerprint density at radius 3 is 2.53 bits per heavy atom. The van der Waals surface area contributed by atoms with Crippen LogP contribution in [0.2, 0.25) is 0 Å². The maximum atomic E-state index is 4.05. The fourth-order valence-electron chi connectivity index (χ4n) is 2.73. The Morgan fingerprint density at radius 1 is 1.26 bits per heavy atom. The smallest absolute Gasteiger partial charge is 0.0283 e. The molecule has 1 unspecified atom stereocenters. The molecule has 0 nitrogen and oxygen atoms in total. The zero-order chi connectivity index (χ0) is 14.3. The molecule has 0 aliphatic carbocycles. The lowest BCUT2D eigenvalue weighted by Gasteiger charge is -2.27. The monoisotopic (exact) mass is 256 g/mol. The van der Waals surface area contributed by atoms with E-state index in [0.717, 1.165) is 6.42 Å². The molecule has 0 fully saturated rings. The van der Waals surface area contributed by atoms with E-state index in [-0.39, 0.29) is 5.41 Å². The van der Waals surface area contributed by atoms with Gasteiger partial charge in [0, 0.05) is 5.41 Å². The van der Waals surface area contributed by atoms with Crippen LogP contribution in [0.4, 0.5) is 0 Å². The van der Waals surface area contributed by atoms with Gasteiger partial charge in [-0.15, -0.1) is 6.58 Å². The van der Waals surface area contributed by atoms with E-state index in [4.69, 9.17) is 0 Å². The number of hydrogen-bond donors (Lipinski definition) is 0. The van der Waals surface area contributed by atoms with E-state index in [2.05, 4.69) is 70.7 Å². The van der Waals surface area contributed by atoms with Gasteiger partial charge >= 0.3 is 0 Å². The fourth-order valence-corrected chi connectivity index (χ4v) is 2.73. The van der Waals surface area contributed by atoms with Crippen LogP contribution in [-0.2, 0) is 18.3 Å². The van der Waals surface area contributed by atoms with Crippen LogP contribution in [0, 0.1) is 0 Å². The highest BCUT2D eigenvalue weighted by molar-refractivity contribution is 5.45. The lowest BCUT2D eigenvalue weighted by Crippen LogP contribution is -2.19. The molecule has 1 atom stereocenters. The van der Waals surface area contributed by atoms with Crippen molar-refractivity contribution in [2.45, 2.75) is 58.8 Å². The third kappa shape index (κ3) is 3.59. The van der Waals surface area contributed by atoms with E-state index in [0.29, 0.717) is 0 Å². The SMILES string of the molecule is C=CC(C)(/C=C/C)c1cccc(CC)c1CCCC. The minimum absolute atomic E-state index is 0.0526. The number of hydrogen-bond acceptors (Lipinski definition) is 0. The second kappa shape index (κ2) is 7.33. The molecule has 0 aliphatic heterocycles. The summed E-state index contributed by atoms with van der Waals surface area (Å²) < 4.78 is 0. The van der Waals surface area contributed by atoms with Crippen molar-refractivity contribution in [2.75, 3.05) is 0 Å². The predicted molar refractivity (Wildman–Crippen MR) is 86.8 cm³/mol. The van der Waals surface area contributed by atoms with Gasteiger partial charge in [-0.2, -0.15) is 0 Å². The van der Waals surface area contributed by atoms with Gasteiger partial charge in [-0.3, -0.25) is 0 Å². The van der Waals surface area contributed by atoms with Crippen LogP contribution in [-0.4, -0.2) is 0 Å². The van der Waals surface area contributed by atoms with Crippen molar-refractivity contribution in [3.05, 3.63) is 59.7 Å². The zero-order valence-electron chi connectivity index (χ0n) is 13.0. The summed E-state index contributed by atoms with van der Waals surface area (Å²) in [6, 6.07) is 6.73. The molecule has 19 heavy (non-hydrogen) atoms. The molecule has 0 radical (unpaired) electrons. The summed E-state index contributed by atoms with van der Waals surface area (Å²) in [6.07, 6.45) is 11.2. The Bertz CT molecular complexity index is 439. The van der Waals surface area contributed by atoms with E-state index in [1.165, 1.54) is 36.0 Å².